The van der Waals surface area contributed by atoms with E-state index in [0.717, 1.165) is 18.4 Å². The van der Waals surface area contributed by atoms with Crippen LogP contribution in [0.1, 0.15) is 30.9 Å². The first-order valence-electron chi connectivity index (χ1n) is 9.07. The second kappa shape index (κ2) is 9.23. The van der Waals surface area contributed by atoms with Crippen LogP contribution in [0.4, 0.5) is 0 Å². The molecule has 0 aromatic heterocycles. The summed E-state index contributed by atoms with van der Waals surface area (Å²) in [4.78, 5) is 11.9. The highest BCUT2D eigenvalue weighted by Gasteiger charge is 2.29. The van der Waals surface area contributed by atoms with Crippen molar-refractivity contribution in [1.82, 2.24) is 5.32 Å². The summed E-state index contributed by atoms with van der Waals surface area (Å²) in [6.45, 7) is 3.90. The Labute approximate surface area is 174 Å². The molecule has 3 rings (SSSR count). The van der Waals surface area contributed by atoms with Crippen LogP contribution in [0, 0.1) is 6.92 Å². The fraction of sp³-hybridized carbons (Fsp3) is 0.250. The molecule has 2 aromatic rings. The molecule has 29 heavy (non-hydrogen) atoms. The number of hydrogen-bond acceptors (Lipinski definition) is 7. The summed E-state index contributed by atoms with van der Waals surface area (Å²) in [6, 6.07) is 12.9. The number of amides is 1. The van der Waals surface area contributed by atoms with Crippen molar-refractivity contribution in [3.8, 4) is 5.75 Å². The molecule has 152 valence electrons. The van der Waals surface area contributed by atoms with Gasteiger partial charge in [0.1, 0.15) is 10.6 Å². The lowest BCUT2D eigenvalue weighted by atomic mass is 10.2. The van der Waals surface area contributed by atoms with Gasteiger partial charge in [-0.15, -0.1) is 5.10 Å². The first-order chi connectivity index (χ1) is 13.9. The average Bonchev–Trinajstić information content (AvgIpc) is 3.02. The van der Waals surface area contributed by atoms with E-state index < -0.39 is 10.1 Å². The maximum atomic E-state index is 12.4. The highest BCUT2D eigenvalue weighted by atomic mass is 32.2. The fourth-order valence-electron chi connectivity index (χ4n) is 2.58. The van der Waals surface area contributed by atoms with Crippen molar-refractivity contribution in [1.29, 1.82) is 0 Å². The monoisotopic (exact) mass is 431 g/mol. The lowest BCUT2D eigenvalue weighted by Gasteiger charge is -2.07. The molecule has 1 unspecified atom stereocenters. The van der Waals surface area contributed by atoms with E-state index in [1.54, 1.807) is 36.4 Å². The van der Waals surface area contributed by atoms with Gasteiger partial charge < -0.3 is 9.50 Å². The fourth-order valence-corrected chi connectivity index (χ4v) is 4.54. The minimum Gasteiger partial charge on any atom is -0.379 e. The van der Waals surface area contributed by atoms with Crippen LogP contribution in [0.25, 0.3) is 0 Å². The van der Waals surface area contributed by atoms with E-state index >= 15 is 0 Å². The molecular formula is C20H21N3O4S2. The third kappa shape index (κ3) is 5.68. The van der Waals surface area contributed by atoms with Crippen molar-refractivity contribution >= 4 is 39.2 Å². The number of aryl methyl sites for hydroxylation is 1. The van der Waals surface area contributed by atoms with Gasteiger partial charge in [-0.2, -0.15) is 13.5 Å². The molecule has 0 aliphatic carbocycles. The molecule has 2 aromatic carbocycles. The third-order valence-corrected chi connectivity index (χ3v) is 6.46. The predicted octanol–water partition coefficient (Wildman–Crippen LogP) is 3.48. The number of hydrogen-bond donors (Lipinski definition) is 1. The molecule has 0 spiro atoms. The van der Waals surface area contributed by atoms with Gasteiger partial charge in [-0.1, -0.05) is 54.9 Å². The van der Waals surface area contributed by atoms with Gasteiger partial charge in [0.05, 0.1) is 11.5 Å². The molecule has 1 amide bonds. The number of nitrogens with zero attached hydrogens (tertiary/aromatic N) is 2. The van der Waals surface area contributed by atoms with Crippen LogP contribution in [-0.2, 0) is 14.9 Å². The number of nitrogens with one attached hydrogen (secondary N) is 1. The van der Waals surface area contributed by atoms with Crippen LogP contribution >= 0.6 is 11.8 Å². The number of carbonyl (C=O) groups excluding carboxylic acids is 1. The first-order valence-corrected chi connectivity index (χ1v) is 11.4. The van der Waals surface area contributed by atoms with Crippen LogP contribution in [0.2, 0.25) is 0 Å². The number of thioether (sulfide) groups is 1. The van der Waals surface area contributed by atoms with E-state index in [1.165, 1.54) is 30.1 Å². The van der Waals surface area contributed by atoms with E-state index in [4.69, 9.17) is 4.18 Å². The predicted molar refractivity (Wildman–Crippen MR) is 115 cm³/mol. The van der Waals surface area contributed by atoms with Gasteiger partial charge in [-0.25, -0.2) is 0 Å². The van der Waals surface area contributed by atoms with E-state index in [2.05, 4.69) is 15.5 Å². The van der Waals surface area contributed by atoms with E-state index in [-0.39, 0.29) is 21.8 Å². The Morgan fingerprint density at radius 1 is 1.21 bits per heavy atom. The van der Waals surface area contributed by atoms with Gasteiger partial charge in [-0.3, -0.25) is 4.79 Å². The summed E-state index contributed by atoms with van der Waals surface area (Å²) in [5, 5.41) is 11.0. The molecule has 1 heterocycles. The molecule has 0 bridgehead atoms. The van der Waals surface area contributed by atoms with Gasteiger partial charge in [0.25, 0.3) is 0 Å². The topological polar surface area (TPSA) is 97.2 Å². The Balaban J connectivity index is 1.68. The van der Waals surface area contributed by atoms with Crippen LogP contribution in [-0.4, -0.2) is 31.0 Å². The summed E-state index contributed by atoms with van der Waals surface area (Å²) < 4.78 is 30.0. The quantitative estimate of drug-likeness (QED) is 0.411. The Morgan fingerprint density at radius 2 is 1.97 bits per heavy atom. The lowest BCUT2D eigenvalue weighted by molar-refractivity contribution is -0.118. The summed E-state index contributed by atoms with van der Waals surface area (Å²) in [5.74, 6) is 0.122. The Bertz CT molecular complexity index is 1050. The minimum atomic E-state index is -3.92. The van der Waals surface area contributed by atoms with Crippen LogP contribution in [0.15, 0.2) is 63.6 Å². The summed E-state index contributed by atoms with van der Waals surface area (Å²) in [7, 11) is -3.92. The van der Waals surface area contributed by atoms with Crippen LogP contribution in [0.3, 0.4) is 0 Å². The maximum absolute atomic E-state index is 12.4. The summed E-state index contributed by atoms with van der Waals surface area (Å²) >= 11 is 1.36. The van der Waals surface area contributed by atoms with Crippen molar-refractivity contribution in [3.05, 3.63) is 59.7 Å². The molecule has 0 radical (unpaired) electrons. The normalized spacial score (nSPS) is 18.3. The van der Waals surface area contributed by atoms with E-state index in [1.807, 2.05) is 13.8 Å². The molecule has 1 N–H and O–H groups in total. The smallest absolute Gasteiger partial charge is 0.339 e. The molecular weight excluding hydrogens is 410 g/mol. The molecule has 1 atom stereocenters. The zero-order chi connectivity index (χ0) is 20.9. The zero-order valence-electron chi connectivity index (χ0n) is 16.0. The van der Waals surface area contributed by atoms with Crippen LogP contribution in [0.5, 0.6) is 5.75 Å². The van der Waals surface area contributed by atoms with E-state index in [9.17, 15) is 13.2 Å². The van der Waals surface area contributed by atoms with Crippen LogP contribution < -0.4 is 9.50 Å². The molecule has 7 nitrogen and oxygen atoms in total. The molecule has 1 fully saturated rings. The highest BCUT2D eigenvalue weighted by molar-refractivity contribution is 8.15. The minimum absolute atomic E-state index is 0.0532. The number of carbonyl (C=O) groups is 1. The van der Waals surface area contributed by atoms with Gasteiger partial charge in [0.2, 0.25) is 5.91 Å². The summed E-state index contributed by atoms with van der Waals surface area (Å²) in [5.41, 5.74) is 1.58. The SMILES string of the molecule is CCCC1S/C(=N/N=C/c2cccc(OS(=O)(=O)c3ccc(C)cc3)c2)NC1=O. The first kappa shape index (κ1) is 21.1. The highest BCUT2D eigenvalue weighted by Crippen LogP contribution is 2.23. The molecule has 9 heteroatoms. The van der Waals surface area contributed by atoms with Gasteiger partial charge in [0, 0.05) is 0 Å². The van der Waals surface area contributed by atoms with Crippen molar-refractivity contribution in [2.24, 2.45) is 10.2 Å². The van der Waals surface area contributed by atoms with Crippen molar-refractivity contribution in [3.63, 3.8) is 0 Å². The van der Waals surface area contributed by atoms with Crippen molar-refractivity contribution < 1.29 is 17.4 Å². The molecule has 1 aliphatic heterocycles. The third-order valence-electron chi connectivity index (χ3n) is 4.06. The number of benzene rings is 2. The maximum Gasteiger partial charge on any atom is 0.339 e. The number of rotatable bonds is 7. The number of amidine groups is 1. The molecule has 1 saturated heterocycles. The Hall–Kier alpha value is -2.65. The standard InChI is InChI=1S/C20H21N3O4S2/c1-3-5-18-19(24)22-20(28-18)23-21-13-15-6-4-7-16(12-15)27-29(25,26)17-10-8-14(2)9-11-17/h4,6-13,18H,3,5H2,1-2H3,(H,22,23,24)/b21-13+. The second-order valence-electron chi connectivity index (χ2n) is 6.46. The Morgan fingerprint density at radius 3 is 2.69 bits per heavy atom. The van der Waals surface area contributed by atoms with Gasteiger partial charge in [0.15, 0.2) is 5.17 Å². The van der Waals surface area contributed by atoms with Gasteiger partial charge >= 0.3 is 10.1 Å². The van der Waals surface area contributed by atoms with E-state index in [0.29, 0.717) is 10.7 Å². The van der Waals surface area contributed by atoms with Crippen molar-refractivity contribution in [2.45, 2.75) is 36.8 Å². The molecule has 1 aliphatic rings. The van der Waals surface area contributed by atoms with Crippen molar-refractivity contribution in [2.75, 3.05) is 0 Å². The van der Waals surface area contributed by atoms with Gasteiger partial charge in [-0.05, 0) is 43.2 Å². The zero-order valence-corrected chi connectivity index (χ0v) is 17.7. The molecule has 0 saturated carbocycles. The Kier molecular flexibility index (Phi) is 6.71. The average molecular weight is 432 g/mol. The lowest BCUT2D eigenvalue weighted by Crippen LogP contribution is -2.24. The largest absolute Gasteiger partial charge is 0.379 e. The summed E-state index contributed by atoms with van der Waals surface area (Å²) in [6.07, 6.45) is 3.17. The second-order valence-corrected chi connectivity index (χ2v) is 9.19.